The number of benzene rings is 3. The second-order valence-corrected chi connectivity index (χ2v) is 9.00. The Morgan fingerprint density at radius 2 is 1.63 bits per heavy atom. The summed E-state index contributed by atoms with van der Waals surface area (Å²) in [5, 5.41) is 14.2. The number of nitrogens with one attached hydrogen (secondary N) is 2. The first-order valence-electron chi connectivity index (χ1n) is 12.1. The first-order chi connectivity index (χ1) is 18.2. The van der Waals surface area contributed by atoms with Crippen LogP contribution in [0.25, 0.3) is 0 Å². The number of nitrogens with zero attached hydrogens (tertiary/aromatic N) is 1. The van der Waals surface area contributed by atoms with Gasteiger partial charge in [-0.3, -0.25) is 4.79 Å². The minimum absolute atomic E-state index is 0.0149. The van der Waals surface area contributed by atoms with Gasteiger partial charge in [0.05, 0.1) is 11.3 Å². The van der Waals surface area contributed by atoms with Crippen molar-refractivity contribution in [1.82, 2.24) is 4.90 Å². The summed E-state index contributed by atoms with van der Waals surface area (Å²) in [5.41, 5.74) is 1.62. The molecule has 0 bridgehead atoms. The lowest BCUT2D eigenvalue weighted by Crippen LogP contribution is -2.55. The Balaban J connectivity index is 1.47. The van der Waals surface area contributed by atoms with E-state index in [1.807, 2.05) is 0 Å². The number of carbonyl (C=O) groups excluding carboxylic acids is 2. The molecule has 38 heavy (non-hydrogen) atoms. The fourth-order valence-electron chi connectivity index (χ4n) is 4.23. The van der Waals surface area contributed by atoms with E-state index >= 15 is 4.39 Å². The van der Waals surface area contributed by atoms with Crippen LogP contribution < -0.4 is 15.4 Å². The molecule has 1 fully saturated rings. The zero-order valence-corrected chi connectivity index (χ0v) is 20.7. The van der Waals surface area contributed by atoms with E-state index in [9.17, 15) is 18.8 Å². The van der Waals surface area contributed by atoms with Gasteiger partial charge in [-0.25, -0.2) is 18.9 Å². The molecule has 0 radical (unpaired) electrons. The molecule has 0 spiro atoms. The number of para-hydroxylation sites is 1. The van der Waals surface area contributed by atoms with Crippen LogP contribution in [-0.2, 0) is 11.2 Å². The molecule has 0 aromatic heterocycles. The number of hydrogen-bond donors (Lipinski definition) is 3. The maximum absolute atomic E-state index is 16.3. The van der Waals surface area contributed by atoms with Crippen molar-refractivity contribution < 1.29 is 33.0 Å². The second-order valence-electron chi connectivity index (χ2n) is 9.00. The van der Waals surface area contributed by atoms with Gasteiger partial charge in [0.2, 0.25) is 5.78 Å². The van der Waals surface area contributed by atoms with E-state index in [0.717, 1.165) is 0 Å². The lowest BCUT2D eigenvalue weighted by molar-refractivity contribution is -0.191. The molecule has 1 atom stereocenters. The summed E-state index contributed by atoms with van der Waals surface area (Å²) in [4.78, 5) is 38.0. The molecular formula is C28H27F2N3O5. The molecule has 1 saturated heterocycles. The molecule has 0 saturated carbocycles. The quantitative estimate of drug-likeness (QED) is 0.325. The average molecular weight is 524 g/mol. The second kappa shape index (κ2) is 11.4. The van der Waals surface area contributed by atoms with Crippen molar-refractivity contribution >= 4 is 29.2 Å². The highest BCUT2D eigenvalue weighted by atomic mass is 19.2. The Morgan fingerprint density at radius 1 is 0.974 bits per heavy atom. The summed E-state index contributed by atoms with van der Waals surface area (Å²) in [7, 11) is 0. The molecule has 4 rings (SSSR count). The Labute approximate surface area is 218 Å². The van der Waals surface area contributed by atoms with Gasteiger partial charge in [-0.15, -0.1) is 0 Å². The van der Waals surface area contributed by atoms with Crippen molar-refractivity contribution in [3.63, 3.8) is 0 Å². The molecule has 1 aliphatic rings. The van der Waals surface area contributed by atoms with Gasteiger partial charge in [0.25, 0.3) is 0 Å². The van der Waals surface area contributed by atoms with E-state index in [1.54, 1.807) is 31.2 Å². The third-order valence-electron chi connectivity index (χ3n) is 6.24. The standard InChI is InChI=1S/C28H27F2N3O5/c1-18-16-19(8-13-23(18)31-27(37)32-24-7-3-2-6-22(24)29)17-25(34)28(30,33-14-4-5-15-33)38-21-11-9-20(10-12-21)26(35)36/h2-3,6-13,16H,4-5,14-15,17H2,1H3,(H,35,36)(H2,31,32,37). The summed E-state index contributed by atoms with van der Waals surface area (Å²) < 4.78 is 35.6. The number of anilines is 2. The van der Waals surface area contributed by atoms with Gasteiger partial charge in [-0.1, -0.05) is 24.3 Å². The number of amides is 2. The van der Waals surface area contributed by atoms with Gasteiger partial charge < -0.3 is 20.5 Å². The lowest BCUT2D eigenvalue weighted by Gasteiger charge is -2.33. The minimum atomic E-state index is -2.73. The molecular weight excluding hydrogens is 496 g/mol. The number of rotatable bonds is 9. The Hall–Kier alpha value is -4.31. The first kappa shape index (κ1) is 26.7. The number of alkyl halides is 1. The number of ketones is 1. The molecule has 1 unspecified atom stereocenters. The van der Waals surface area contributed by atoms with Crippen LogP contribution >= 0.6 is 0 Å². The zero-order chi connectivity index (χ0) is 27.3. The molecule has 198 valence electrons. The van der Waals surface area contributed by atoms with E-state index in [2.05, 4.69) is 10.6 Å². The Morgan fingerprint density at radius 3 is 2.26 bits per heavy atom. The van der Waals surface area contributed by atoms with Gasteiger partial charge in [-0.05, 0) is 73.4 Å². The van der Waals surface area contributed by atoms with E-state index < -0.39 is 29.6 Å². The zero-order valence-electron chi connectivity index (χ0n) is 20.7. The summed E-state index contributed by atoms with van der Waals surface area (Å²) in [6.07, 6.45) is 1.16. The van der Waals surface area contributed by atoms with Crippen LogP contribution in [0.5, 0.6) is 5.75 Å². The molecule has 3 N–H and O–H groups in total. The van der Waals surface area contributed by atoms with Gasteiger partial charge in [0, 0.05) is 25.2 Å². The largest absolute Gasteiger partial charge is 0.478 e. The predicted octanol–water partition coefficient (Wildman–Crippen LogP) is 5.39. The summed E-state index contributed by atoms with van der Waals surface area (Å²) in [5.74, 6) is -5.20. The molecule has 10 heteroatoms. The van der Waals surface area contributed by atoms with Crippen molar-refractivity contribution in [2.45, 2.75) is 32.2 Å². The van der Waals surface area contributed by atoms with Crippen molar-refractivity contribution in [2.75, 3.05) is 23.7 Å². The summed E-state index contributed by atoms with van der Waals surface area (Å²) >= 11 is 0. The number of aryl methyl sites for hydroxylation is 1. The maximum atomic E-state index is 16.3. The molecule has 8 nitrogen and oxygen atoms in total. The first-order valence-corrected chi connectivity index (χ1v) is 12.1. The van der Waals surface area contributed by atoms with Crippen molar-refractivity contribution in [3.05, 3.63) is 89.2 Å². The van der Waals surface area contributed by atoms with Crippen LogP contribution in [0.4, 0.5) is 25.0 Å². The normalized spacial score (nSPS) is 14.9. The SMILES string of the molecule is Cc1cc(CC(=O)C(F)(Oc2ccc(C(=O)O)cc2)N2CCCC2)ccc1NC(=O)Nc1ccccc1F. The lowest BCUT2D eigenvalue weighted by atomic mass is 10.0. The van der Waals surface area contributed by atoms with Crippen LogP contribution in [0.15, 0.2) is 66.7 Å². The smallest absolute Gasteiger partial charge is 0.371 e. The number of carbonyl (C=O) groups is 3. The van der Waals surface area contributed by atoms with Crippen LogP contribution in [0, 0.1) is 12.7 Å². The number of urea groups is 1. The topological polar surface area (TPSA) is 108 Å². The number of carboxylic acids is 1. The number of Topliss-reactive ketones (excluding diaryl/α,β-unsaturated/α-hetero) is 1. The molecule has 3 aromatic rings. The summed E-state index contributed by atoms with van der Waals surface area (Å²) in [6, 6.07) is 15.2. The fraction of sp³-hybridized carbons (Fsp3) is 0.250. The highest BCUT2D eigenvalue weighted by Crippen LogP contribution is 2.30. The van der Waals surface area contributed by atoms with Gasteiger partial charge in [0.1, 0.15) is 11.6 Å². The molecule has 1 heterocycles. The van der Waals surface area contributed by atoms with Crippen LogP contribution in [0.3, 0.4) is 0 Å². The Bertz CT molecular complexity index is 1340. The Kier molecular flexibility index (Phi) is 8.02. The van der Waals surface area contributed by atoms with Gasteiger partial charge >= 0.3 is 18.0 Å². The molecule has 2 amide bonds. The molecule has 3 aromatic carbocycles. The number of likely N-dealkylation sites (tertiary alicyclic amines) is 1. The minimum Gasteiger partial charge on any atom is -0.478 e. The van der Waals surface area contributed by atoms with E-state index in [0.29, 0.717) is 42.7 Å². The highest BCUT2D eigenvalue weighted by Gasteiger charge is 2.48. The van der Waals surface area contributed by atoms with E-state index in [1.165, 1.54) is 47.4 Å². The van der Waals surface area contributed by atoms with E-state index in [-0.39, 0.29) is 23.4 Å². The number of hydrogen-bond acceptors (Lipinski definition) is 5. The highest BCUT2D eigenvalue weighted by molar-refractivity contribution is 6.00. The van der Waals surface area contributed by atoms with E-state index in [4.69, 9.17) is 9.84 Å². The molecule has 1 aliphatic heterocycles. The van der Waals surface area contributed by atoms with Crippen molar-refractivity contribution in [3.8, 4) is 5.75 Å². The number of halogens is 2. The van der Waals surface area contributed by atoms with Crippen molar-refractivity contribution in [2.24, 2.45) is 0 Å². The van der Waals surface area contributed by atoms with Crippen LogP contribution in [0.2, 0.25) is 0 Å². The number of carboxylic acid groups (broad SMARTS) is 1. The third kappa shape index (κ3) is 6.15. The van der Waals surface area contributed by atoms with Crippen molar-refractivity contribution in [1.29, 1.82) is 0 Å². The predicted molar refractivity (Wildman–Crippen MR) is 138 cm³/mol. The number of aromatic carboxylic acids is 1. The molecule has 0 aliphatic carbocycles. The third-order valence-corrected chi connectivity index (χ3v) is 6.24. The average Bonchev–Trinajstić information content (AvgIpc) is 3.43. The van der Waals surface area contributed by atoms with Gasteiger partial charge in [0.15, 0.2) is 0 Å². The van der Waals surface area contributed by atoms with Gasteiger partial charge in [-0.2, -0.15) is 4.39 Å². The monoisotopic (exact) mass is 523 g/mol. The van der Waals surface area contributed by atoms with Crippen LogP contribution in [0.1, 0.15) is 34.3 Å². The fourth-order valence-corrected chi connectivity index (χ4v) is 4.23. The van der Waals surface area contributed by atoms with Crippen LogP contribution in [-0.4, -0.2) is 46.9 Å². The maximum Gasteiger partial charge on any atom is 0.371 e. The number of ether oxygens (including phenoxy) is 1. The summed E-state index contributed by atoms with van der Waals surface area (Å²) in [6.45, 7) is 2.40.